The highest BCUT2D eigenvalue weighted by molar-refractivity contribution is 5.46. The van der Waals surface area contributed by atoms with Crippen LogP contribution in [-0.2, 0) is 5.60 Å². The minimum atomic E-state index is -4.76. The normalized spacial score (nSPS) is 18.5. The van der Waals surface area contributed by atoms with E-state index in [0.717, 1.165) is 5.69 Å². The molecule has 1 saturated heterocycles. The molecule has 158 valence electrons. The number of rotatable bonds is 5. The first-order valence-corrected chi connectivity index (χ1v) is 9.47. The van der Waals surface area contributed by atoms with E-state index in [1.807, 2.05) is 42.8 Å². The molecule has 1 atom stereocenters. The van der Waals surface area contributed by atoms with Crippen molar-refractivity contribution in [3.63, 3.8) is 0 Å². The van der Waals surface area contributed by atoms with Crippen molar-refractivity contribution in [2.45, 2.75) is 18.9 Å². The lowest BCUT2D eigenvalue weighted by molar-refractivity contribution is -0.274. The zero-order valence-corrected chi connectivity index (χ0v) is 16.6. The number of hydrogen-bond acceptors (Lipinski definition) is 4. The van der Waals surface area contributed by atoms with Crippen molar-refractivity contribution in [1.82, 2.24) is 14.5 Å². The second kappa shape index (κ2) is 7.14. The molecule has 4 rings (SSSR count). The Hall–Kier alpha value is -2.84. The fourth-order valence-electron chi connectivity index (χ4n) is 4.44. The van der Waals surface area contributed by atoms with Crippen LogP contribution in [0.3, 0.4) is 0 Å². The van der Waals surface area contributed by atoms with E-state index < -0.39 is 17.4 Å². The van der Waals surface area contributed by atoms with Gasteiger partial charge in [0.2, 0.25) is 0 Å². The zero-order chi connectivity index (χ0) is 21.6. The van der Waals surface area contributed by atoms with Crippen LogP contribution >= 0.6 is 0 Å². The number of ether oxygens (including phenoxy) is 1. The minimum Gasteiger partial charge on any atom is -0.406 e. The van der Waals surface area contributed by atoms with Gasteiger partial charge in [-0.1, -0.05) is 31.2 Å². The molecule has 0 amide bonds. The first-order valence-electron chi connectivity index (χ1n) is 9.47. The van der Waals surface area contributed by atoms with Gasteiger partial charge in [0.1, 0.15) is 11.4 Å². The fourth-order valence-corrected chi connectivity index (χ4v) is 4.44. The summed E-state index contributed by atoms with van der Waals surface area (Å²) in [6.45, 7) is 3.26. The van der Waals surface area contributed by atoms with Crippen molar-refractivity contribution in [3.8, 4) is 11.4 Å². The number of benzene rings is 2. The maximum Gasteiger partial charge on any atom is 0.573 e. The molecule has 0 spiro atoms. The Kier molecular flexibility index (Phi) is 4.86. The van der Waals surface area contributed by atoms with Crippen LogP contribution in [-0.4, -0.2) is 46.1 Å². The number of hydrogen-bond donors (Lipinski definition) is 1. The molecule has 0 aliphatic carbocycles. The number of halogens is 3. The Balaban J connectivity index is 1.78. The monoisotopic (exact) mass is 417 g/mol. The summed E-state index contributed by atoms with van der Waals surface area (Å²) in [5.74, 6) is -0.323. The molecule has 1 aromatic heterocycles. The van der Waals surface area contributed by atoms with Crippen LogP contribution in [0.15, 0.2) is 67.3 Å². The van der Waals surface area contributed by atoms with Crippen LogP contribution in [0.2, 0.25) is 0 Å². The van der Waals surface area contributed by atoms with Crippen LogP contribution in [0.25, 0.3) is 5.69 Å². The zero-order valence-electron chi connectivity index (χ0n) is 16.6. The molecular formula is C22H22F3N3O2. The SMILES string of the molecule is CN1CC(C)([C@](O)(c2ccc(OC(F)(F)F)cc2)c2cccc(-n3ccnc3)c2)C1. The summed E-state index contributed by atoms with van der Waals surface area (Å²) in [6, 6.07) is 12.9. The van der Waals surface area contributed by atoms with Crippen molar-refractivity contribution >= 4 is 0 Å². The first-order chi connectivity index (χ1) is 14.1. The Bertz CT molecular complexity index is 1010. The van der Waals surface area contributed by atoms with Gasteiger partial charge >= 0.3 is 6.36 Å². The predicted molar refractivity (Wildman–Crippen MR) is 105 cm³/mol. The summed E-state index contributed by atoms with van der Waals surface area (Å²) < 4.78 is 43.4. The Labute approximate surface area is 172 Å². The smallest absolute Gasteiger partial charge is 0.406 e. The molecule has 1 aliphatic heterocycles. The standard InChI is InChI=1S/C22H22F3N3O2/c1-20(13-27(2)14-20)21(29,16-6-8-19(9-7-16)30-22(23,24)25)17-4-3-5-18(12-17)28-11-10-26-15-28/h3-12,15,29H,13-14H2,1-2H3/t21-/m0/s1. The number of aliphatic hydroxyl groups is 1. The molecule has 0 unspecified atom stereocenters. The molecule has 1 aliphatic rings. The van der Waals surface area contributed by atoms with E-state index in [4.69, 9.17) is 0 Å². The van der Waals surface area contributed by atoms with Gasteiger partial charge in [-0.2, -0.15) is 0 Å². The molecule has 5 nitrogen and oxygen atoms in total. The van der Waals surface area contributed by atoms with E-state index in [0.29, 0.717) is 24.2 Å². The third-order valence-corrected chi connectivity index (χ3v) is 5.68. The second-order valence-corrected chi connectivity index (χ2v) is 8.04. The van der Waals surface area contributed by atoms with Crippen LogP contribution in [0.4, 0.5) is 13.2 Å². The molecule has 2 heterocycles. The second-order valence-electron chi connectivity index (χ2n) is 8.04. The van der Waals surface area contributed by atoms with E-state index in [1.54, 1.807) is 18.7 Å². The van der Waals surface area contributed by atoms with Gasteiger partial charge in [-0.25, -0.2) is 4.98 Å². The van der Waals surface area contributed by atoms with Gasteiger partial charge in [0, 0.05) is 36.6 Å². The van der Waals surface area contributed by atoms with E-state index in [9.17, 15) is 18.3 Å². The number of alkyl halides is 3. The van der Waals surface area contributed by atoms with Crippen molar-refractivity contribution in [2.75, 3.05) is 20.1 Å². The van der Waals surface area contributed by atoms with Crippen molar-refractivity contribution in [2.24, 2.45) is 5.41 Å². The summed E-state index contributed by atoms with van der Waals surface area (Å²) in [6.07, 6.45) is 0.376. The van der Waals surface area contributed by atoms with Crippen molar-refractivity contribution < 1.29 is 23.0 Å². The van der Waals surface area contributed by atoms with E-state index in [-0.39, 0.29) is 5.75 Å². The molecule has 30 heavy (non-hydrogen) atoms. The minimum absolute atomic E-state index is 0.323. The number of likely N-dealkylation sites (tertiary alicyclic amines) is 1. The van der Waals surface area contributed by atoms with Gasteiger partial charge in [0.15, 0.2) is 0 Å². The average molecular weight is 417 g/mol. The quantitative estimate of drug-likeness (QED) is 0.683. The van der Waals surface area contributed by atoms with Gasteiger partial charge in [0.05, 0.1) is 6.33 Å². The Morgan fingerprint density at radius 2 is 1.77 bits per heavy atom. The van der Waals surface area contributed by atoms with Crippen LogP contribution < -0.4 is 4.74 Å². The number of nitrogens with zero attached hydrogens (tertiary/aromatic N) is 3. The summed E-state index contributed by atoms with van der Waals surface area (Å²) in [5.41, 5.74) is 0.0649. The molecule has 3 aromatic rings. The molecular weight excluding hydrogens is 395 g/mol. The predicted octanol–water partition coefficient (Wildman–Crippen LogP) is 3.96. The van der Waals surface area contributed by atoms with Crippen LogP contribution in [0.1, 0.15) is 18.1 Å². The number of imidazole rings is 1. The third-order valence-electron chi connectivity index (χ3n) is 5.68. The summed E-state index contributed by atoms with van der Waals surface area (Å²) >= 11 is 0. The van der Waals surface area contributed by atoms with Crippen LogP contribution in [0.5, 0.6) is 5.75 Å². The van der Waals surface area contributed by atoms with E-state index >= 15 is 0 Å². The molecule has 8 heteroatoms. The highest BCUT2D eigenvalue weighted by Crippen LogP contribution is 2.50. The highest BCUT2D eigenvalue weighted by Gasteiger charge is 2.55. The lowest BCUT2D eigenvalue weighted by Crippen LogP contribution is -2.63. The maximum absolute atomic E-state index is 12.5. The van der Waals surface area contributed by atoms with Crippen molar-refractivity contribution in [3.05, 3.63) is 78.4 Å². The Morgan fingerprint density at radius 3 is 2.33 bits per heavy atom. The third kappa shape index (κ3) is 3.57. The van der Waals surface area contributed by atoms with Gasteiger partial charge in [-0.05, 0) is 42.4 Å². The average Bonchev–Trinajstić information content (AvgIpc) is 3.20. The molecule has 0 saturated carbocycles. The topological polar surface area (TPSA) is 50.5 Å². The fraction of sp³-hybridized carbons (Fsp3) is 0.318. The number of aromatic nitrogens is 2. The molecule has 0 radical (unpaired) electrons. The highest BCUT2D eigenvalue weighted by atomic mass is 19.4. The largest absolute Gasteiger partial charge is 0.573 e. The lowest BCUT2D eigenvalue weighted by Gasteiger charge is -2.56. The molecule has 1 N–H and O–H groups in total. The summed E-state index contributed by atoms with van der Waals surface area (Å²) in [7, 11) is 1.96. The van der Waals surface area contributed by atoms with E-state index in [1.165, 1.54) is 24.3 Å². The van der Waals surface area contributed by atoms with Crippen molar-refractivity contribution in [1.29, 1.82) is 0 Å². The maximum atomic E-state index is 12.5. The molecule has 1 fully saturated rings. The van der Waals surface area contributed by atoms with E-state index in [2.05, 4.69) is 14.6 Å². The van der Waals surface area contributed by atoms with Gasteiger partial charge in [0.25, 0.3) is 0 Å². The molecule has 0 bridgehead atoms. The van der Waals surface area contributed by atoms with Crippen LogP contribution in [0, 0.1) is 5.41 Å². The summed E-state index contributed by atoms with van der Waals surface area (Å²) in [5, 5.41) is 12.1. The first kappa shape index (κ1) is 20.4. The lowest BCUT2D eigenvalue weighted by atomic mass is 9.62. The van der Waals surface area contributed by atoms with Gasteiger partial charge < -0.3 is 19.3 Å². The summed E-state index contributed by atoms with van der Waals surface area (Å²) in [4.78, 5) is 6.15. The van der Waals surface area contributed by atoms with Gasteiger partial charge in [-0.15, -0.1) is 13.2 Å². The van der Waals surface area contributed by atoms with Gasteiger partial charge in [-0.3, -0.25) is 0 Å². The Morgan fingerprint density at radius 1 is 1.07 bits per heavy atom. The molecule has 2 aromatic carbocycles.